The monoisotopic (exact) mass is 361 g/mol. The van der Waals surface area contributed by atoms with Crippen molar-refractivity contribution < 1.29 is 9.21 Å². The molecule has 1 aromatic heterocycles. The quantitative estimate of drug-likeness (QED) is 0.675. The number of hydrogen-bond acceptors (Lipinski definition) is 4. The Morgan fingerprint density at radius 1 is 1.11 bits per heavy atom. The van der Waals surface area contributed by atoms with E-state index in [0.29, 0.717) is 23.4 Å². The van der Waals surface area contributed by atoms with Gasteiger partial charge in [0.1, 0.15) is 5.52 Å². The van der Waals surface area contributed by atoms with Crippen molar-refractivity contribution in [1.82, 2.24) is 15.6 Å². The predicted molar refractivity (Wildman–Crippen MR) is 103 cm³/mol. The first-order valence-corrected chi connectivity index (χ1v) is 9.72. The van der Waals surface area contributed by atoms with Crippen molar-refractivity contribution in [3.8, 4) is 0 Å². The van der Waals surface area contributed by atoms with E-state index in [0.717, 1.165) is 23.6 Å². The van der Waals surface area contributed by atoms with Crippen molar-refractivity contribution in [2.24, 2.45) is 5.92 Å². The Labute approximate surface area is 158 Å². The fraction of sp³-hybridized carbons (Fsp3) is 0.364. The van der Waals surface area contributed by atoms with Crippen molar-refractivity contribution in [3.63, 3.8) is 0 Å². The molecule has 0 radical (unpaired) electrons. The minimum absolute atomic E-state index is 0.108. The summed E-state index contributed by atoms with van der Waals surface area (Å²) < 4.78 is 5.64. The van der Waals surface area contributed by atoms with Crippen LogP contribution in [0.25, 0.3) is 11.1 Å². The van der Waals surface area contributed by atoms with Gasteiger partial charge in [0.2, 0.25) is 5.89 Å². The summed E-state index contributed by atoms with van der Waals surface area (Å²) in [4.78, 5) is 16.8. The van der Waals surface area contributed by atoms with Gasteiger partial charge in [0.15, 0.2) is 5.58 Å². The van der Waals surface area contributed by atoms with E-state index in [4.69, 9.17) is 4.42 Å². The van der Waals surface area contributed by atoms with Gasteiger partial charge in [-0.25, -0.2) is 4.98 Å². The molecule has 2 unspecified atom stereocenters. The standard InChI is InChI=1S/C22H23N3O2/c26-22(24-13-21-25-18-3-1-2-4-20(18)27-21)16-9-7-15(8-10-16)17-11-19(17)23-12-14-5-6-14/h1-4,7-10,14,17,19,23H,5-6,11-13H2,(H,24,26). The van der Waals surface area contributed by atoms with Gasteiger partial charge in [0.25, 0.3) is 5.91 Å². The van der Waals surface area contributed by atoms with Crippen LogP contribution >= 0.6 is 0 Å². The molecule has 2 aliphatic carbocycles. The maximum atomic E-state index is 12.4. The average Bonchev–Trinajstić information content (AvgIpc) is 3.61. The molecule has 2 N–H and O–H groups in total. The number of nitrogens with zero attached hydrogens (tertiary/aromatic N) is 1. The zero-order valence-corrected chi connectivity index (χ0v) is 15.2. The number of aromatic nitrogens is 1. The van der Waals surface area contributed by atoms with E-state index in [1.165, 1.54) is 24.8 Å². The molecule has 2 aliphatic rings. The van der Waals surface area contributed by atoms with Crippen molar-refractivity contribution in [2.75, 3.05) is 6.54 Å². The van der Waals surface area contributed by atoms with Crippen molar-refractivity contribution >= 4 is 17.0 Å². The summed E-state index contributed by atoms with van der Waals surface area (Å²) in [5.41, 5.74) is 3.53. The van der Waals surface area contributed by atoms with Crippen molar-refractivity contribution in [3.05, 3.63) is 65.5 Å². The molecule has 0 bridgehead atoms. The fourth-order valence-corrected chi connectivity index (χ4v) is 3.56. The minimum atomic E-state index is -0.108. The summed E-state index contributed by atoms with van der Waals surface area (Å²) in [7, 11) is 0. The zero-order chi connectivity index (χ0) is 18.2. The third-order valence-electron chi connectivity index (χ3n) is 5.50. The number of rotatable bonds is 7. The van der Waals surface area contributed by atoms with Crippen LogP contribution in [0.5, 0.6) is 0 Å². The van der Waals surface area contributed by atoms with Crippen molar-refractivity contribution in [2.45, 2.75) is 37.8 Å². The van der Waals surface area contributed by atoms with E-state index in [9.17, 15) is 4.79 Å². The summed E-state index contributed by atoms with van der Waals surface area (Å²) in [6.07, 6.45) is 3.98. The summed E-state index contributed by atoms with van der Waals surface area (Å²) in [6.45, 7) is 1.45. The lowest BCUT2D eigenvalue weighted by atomic mass is 10.1. The van der Waals surface area contributed by atoms with Crippen LogP contribution in [0.1, 0.15) is 47.0 Å². The van der Waals surface area contributed by atoms with Gasteiger partial charge >= 0.3 is 0 Å². The molecule has 2 saturated carbocycles. The van der Waals surface area contributed by atoms with Gasteiger partial charge in [-0.15, -0.1) is 0 Å². The van der Waals surface area contributed by atoms with Gasteiger partial charge in [0, 0.05) is 17.5 Å². The number of carbonyl (C=O) groups is 1. The van der Waals surface area contributed by atoms with Crippen LogP contribution < -0.4 is 10.6 Å². The maximum absolute atomic E-state index is 12.4. The molecule has 3 aromatic rings. The topological polar surface area (TPSA) is 67.2 Å². The van der Waals surface area contributed by atoms with Crippen molar-refractivity contribution in [1.29, 1.82) is 0 Å². The highest BCUT2D eigenvalue weighted by atomic mass is 16.3. The Morgan fingerprint density at radius 3 is 2.70 bits per heavy atom. The van der Waals surface area contributed by atoms with Gasteiger partial charge in [0.05, 0.1) is 6.54 Å². The van der Waals surface area contributed by atoms with Crippen LogP contribution in [-0.2, 0) is 6.54 Å². The number of hydrogen-bond donors (Lipinski definition) is 2. The first-order chi connectivity index (χ1) is 13.3. The minimum Gasteiger partial charge on any atom is -0.439 e. The highest BCUT2D eigenvalue weighted by Gasteiger charge is 2.38. The molecule has 2 aromatic carbocycles. The average molecular weight is 361 g/mol. The second kappa shape index (κ2) is 6.82. The first kappa shape index (κ1) is 16.5. The predicted octanol–water partition coefficient (Wildman–Crippen LogP) is 3.61. The SMILES string of the molecule is O=C(NCc1nc2ccccc2o1)c1ccc(C2CC2NCC2CC2)cc1. The number of para-hydroxylation sites is 2. The number of carbonyl (C=O) groups excluding carboxylic acids is 1. The molecule has 0 saturated heterocycles. The van der Waals surface area contributed by atoms with Gasteiger partial charge in [-0.05, 0) is 61.6 Å². The lowest BCUT2D eigenvalue weighted by Crippen LogP contribution is -2.23. The second-order valence-corrected chi connectivity index (χ2v) is 7.68. The normalized spacial score (nSPS) is 21.3. The van der Waals surface area contributed by atoms with E-state index in [2.05, 4.69) is 27.8 Å². The number of nitrogens with one attached hydrogen (secondary N) is 2. The Kier molecular flexibility index (Phi) is 4.17. The van der Waals surface area contributed by atoms with Crippen LogP contribution in [0, 0.1) is 5.92 Å². The van der Waals surface area contributed by atoms with Crippen LogP contribution in [0.15, 0.2) is 52.9 Å². The Morgan fingerprint density at radius 2 is 1.93 bits per heavy atom. The molecule has 2 fully saturated rings. The Bertz CT molecular complexity index is 926. The Balaban J connectivity index is 1.15. The molecule has 27 heavy (non-hydrogen) atoms. The largest absolute Gasteiger partial charge is 0.439 e. The van der Waals surface area contributed by atoms with Gasteiger partial charge in [-0.2, -0.15) is 0 Å². The lowest BCUT2D eigenvalue weighted by molar-refractivity contribution is 0.0947. The lowest BCUT2D eigenvalue weighted by Gasteiger charge is -2.06. The molecule has 5 rings (SSSR count). The number of oxazole rings is 1. The number of benzene rings is 2. The third-order valence-corrected chi connectivity index (χ3v) is 5.50. The van der Waals surface area contributed by atoms with E-state index in [-0.39, 0.29) is 12.5 Å². The molecule has 0 aliphatic heterocycles. The smallest absolute Gasteiger partial charge is 0.251 e. The van der Waals surface area contributed by atoms with Gasteiger partial charge in [-0.1, -0.05) is 24.3 Å². The van der Waals surface area contributed by atoms with E-state index < -0.39 is 0 Å². The maximum Gasteiger partial charge on any atom is 0.251 e. The molecule has 138 valence electrons. The molecular weight excluding hydrogens is 338 g/mol. The van der Waals surface area contributed by atoms with Gasteiger partial charge < -0.3 is 15.1 Å². The summed E-state index contributed by atoms with van der Waals surface area (Å²) >= 11 is 0. The van der Waals surface area contributed by atoms with Crippen LogP contribution in [0.2, 0.25) is 0 Å². The summed E-state index contributed by atoms with van der Waals surface area (Å²) in [6, 6.07) is 16.2. The zero-order valence-electron chi connectivity index (χ0n) is 15.2. The number of amides is 1. The molecule has 2 atom stereocenters. The third kappa shape index (κ3) is 3.74. The fourth-order valence-electron chi connectivity index (χ4n) is 3.56. The summed E-state index contributed by atoms with van der Waals surface area (Å²) in [5.74, 6) is 1.92. The molecular formula is C22H23N3O2. The molecule has 5 nitrogen and oxygen atoms in total. The van der Waals surface area contributed by atoms with Crippen LogP contribution in [0.4, 0.5) is 0 Å². The molecule has 5 heteroatoms. The van der Waals surface area contributed by atoms with E-state index in [1.807, 2.05) is 36.4 Å². The highest BCUT2D eigenvalue weighted by molar-refractivity contribution is 5.94. The van der Waals surface area contributed by atoms with Crippen LogP contribution in [-0.4, -0.2) is 23.5 Å². The van der Waals surface area contributed by atoms with Crippen LogP contribution in [0.3, 0.4) is 0 Å². The highest BCUT2D eigenvalue weighted by Crippen LogP contribution is 2.41. The molecule has 0 spiro atoms. The second-order valence-electron chi connectivity index (χ2n) is 7.68. The summed E-state index contributed by atoms with van der Waals surface area (Å²) in [5, 5.41) is 6.54. The Hall–Kier alpha value is -2.66. The number of fused-ring (bicyclic) bond motifs is 1. The molecule has 1 amide bonds. The first-order valence-electron chi connectivity index (χ1n) is 9.72. The molecule has 1 heterocycles. The van der Waals surface area contributed by atoms with E-state index >= 15 is 0 Å². The van der Waals surface area contributed by atoms with E-state index in [1.54, 1.807) is 0 Å². The van der Waals surface area contributed by atoms with Gasteiger partial charge in [-0.3, -0.25) is 4.79 Å².